The van der Waals surface area contributed by atoms with E-state index in [0.717, 1.165) is 25.9 Å². The van der Waals surface area contributed by atoms with Crippen molar-refractivity contribution in [3.63, 3.8) is 0 Å². The minimum Gasteiger partial charge on any atom is -0.489 e. The molecule has 1 unspecified atom stereocenters. The number of ether oxygens (including phenoxy) is 2. The highest BCUT2D eigenvalue weighted by Crippen LogP contribution is 2.35. The number of unbranched alkanes of at least 4 members (excludes halogenated alkanes) is 1. The fourth-order valence-electron chi connectivity index (χ4n) is 3.69. The van der Waals surface area contributed by atoms with Gasteiger partial charge in [0.2, 0.25) is 0 Å². The molecule has 1 fully saturated rings. The lowest BCUT2D eigenvalue weighted by Crippen LogP contribution is -2.47. The number of amides is 1. The average Bonchev–Trinajstić information content (AvgIpc) is 2.97. The van der Waals surface area contributed by atoms with Crippen LogP contribution in [-0.2, 0) is 0 Å². The molecule has 29 heavy (non-hydrogen) atoms. The van der Waals surface area contributed by atoms with E-state index in [0.29, 0.717) is 56.2 Å². The predicted octanol–water partition coefficient (Wildman–Crippen LogP) is 1.44. The molecule has 1 aromatic carbocycles. The third kappa shape index (κ3) is 5.38. The summed E-state index contributed by atoms with van der Waals surface area (Å²) in [6.45, 7) is 3.44. The van der Waals surface area contributed by atoms with E-state index >= 15 is 0 Å². The van der Waals surface area contributed by atoms with Gasteiger partial charge >= 0.3 is 0 Å². The number of β-amino-alcohol motifs (C(OH)–C–C–N with tert-alkyl or cyclic N) is 1. The van der Waals surface area contributed by atoms with E-state index in [2.05, 4.69) is 16.3 Å². The number of likely N-dealkylation sites (tertiary alicyclic amines) is 1. The van der Waals surface area contributed by atoms with Crippen molar-refractivity contribution in [2.75, 3.05) is 39.4 Å². The summed E-state index contributed by atoms with van der Waals surface area (Å²) in [6.07, 6.45) is 2.26. The van der Waals surface area contributed by atoms with Crippen LogP contribution >= 0.6 is 0 Å². The lowest BCUT2D eigenvalue weighted by atomic mass is 9.93. The first-order valence-electron chi connectivity index (χ1n) is 10.0. The van der Waals surface area contributed by atoms with Crippen LogP contribution in [0.1, 0.15) is 41.6 Å². The smallest absolute Gasteiger partial charge is 0.255 e. The van der Waals surface area contributed by atoms with E-state index < -0.39 is 6.10 Å². The largest absolute Gasteiger partial charge is 0.489 e. The topological polar surface area (TPSA) is 119 Å². The number of carbonyl (C=O) groups excluding carboxylic acids is 1. The highest BCUT2D eigenvalue weighted by molar-refractivity contribution is 5.98. The Kier molecular flexibility index (Phi) is 7.29. The van der Waals surface area contributed by atoms with E-state index in [4.69, 9.17) is 14.7 Å². The van der Waals surface area contributed by atoms with E-state index in [1.165, 1.54) is 6.07 Å². The van der Waals surface area contributed by atoms with Crippen LogP contribution in [0.3, 0.4) is 0 Å². The van der Waals surface area contributed by atoms with Crippen LogP contribution in [0, 0.1) is 28.6 Å². The zero-order chi connectivity index (χ0) is 20.6. The highest BCUT2D eigenvalue weighted by atomic mass is 16.5. The Bertz CT molecular complexity index is 814. The molecule has 0 aromatic heterocycles. The molecule has 0 spiro atoms. The van der Waals surface area contributed by atoms with Crippen LogP contribution in [-0.4, -0.2) is 61.4 Å². The Labute approximate surface area is 170 Å². The van der Waals surface area contributed by atoms with Crippen LogP contribution in [0.2, 0.25) is 0 Å². The molecule has 1 aromatic rings. The van der Waals surface area contributed by atoms with Crippen LogP contribution in [0.4, 0.5) is 0 Å². The summed E-state index contributed by atoms with van der Waals surface area (Å²) in [7, 11) is 0. The van der Waals surface area contributed by atoms with Gasteiger partial charge in [-0.2, -0.15) is 10.5 Å². The first-order chi connectivity index (χ1) is 14.1. The fraction of sp³-hybridized carbons (Fsp3) is 0.571. The van der Waals surface area contributed by atoms with Gasteiger partial charge in [0.15, 0.2) is 11.5 Å². The molecule has 2 N–H and O–H groups in total. The third-order valence-electron chi connectivity index (χ3n) is 5.31. The van der Waals surface area contributed by atoms with E-state index in [1.54, 1.807) is 6.07 Å². The second-order valence-electron chi connectivity index (χ2n) is 7.40. The summed E-state index contributed by atoms with van der Waals surface area (Å²) in [5, 5.41) is 31.2. The molecule has 2 heterocycles. The normalized spacial score (nSPS) is 21.5. The third-order valence-corrected chi connectivity index (χ3v) is 5.31. The summed E-state index contributed by atoms with van der Waals surface area (Å²) in [6, 6.07) is 7.28. The number of hydrogen-bond donors (Lipinski definition) is 2. The number of aliphatic hydroxyl groups is 1. The van der Waals surface area contributed by atoms with Gasteiger partial charge in [-0.15, -0.1) is 0 Å². The van der Waals surface area contributed by atoms with Gasteiger partial charge in [-0.1, -0.05) is 0 Å². The van der Waals surface area contributed by atoms with Crippen molar-refractivity contribution in [2.24, 2.45) is 5.92 Å². The predicted molar refractivity (Wildman–Crippen MR) is 104 cm³/mol. The number of benzene rings is 1. The second kappa shape index (κ2) is 10.1. The Morgan fingerprint density at radius 3 is 2.90 bits per heavy atom. The Morgan fingerprint density at radius 2 is 2.14 bits per heavy atom. The van der Waals surface area contributed by atoms with Gasteiger partial charge < -0.3 is 24.8 Å². The average molecular weight is 398 g/mol. The standard InChI is InChI=1S/C21H26N4O4/c22-5-1-2-6-25-7-4-16(18(26)14-25)13-24-21(27)17-10-15(12-23)11-19-20(17)29-9-3-8-28-19/h10-11,16,18,26H,1-4,6-9,13-14H2,(H,24,27)/t16-,18?/m0/s1. The van der Waals surface area contributed by atoms with Gasteiger partial charge in [-0.25, -0.2) is 0 Å². The second-order valence-corrected chi connectivity index (χ2v) is 7.40. The minimum atomic E-state index is -0.534. The summed E-state index contributed by atoms with van der Waals surface area (Å²) >= 11 is 0. The maximum absolute atomic E-state index is 12.8. The van der Waals surface area contributed by atoms with E-state index in [1.807, 2.05) is 6.07 Å². The number of aliphatic hydroxyl groups excluding tert-OH is 1. The Hall–Kier alpha value is -2.81. The number of nitriles is 2. The van der Waals surface area contributed by atoms with Crippen LogP contribution in [0.15, 0.2) is 12.1 Å². The zero-order valence-corrected chi connectivity index (χ0v) is 16.4. The molecule has 8 heteroatoms. The van der Waals surface area contributed by atoms with Crippen molar-refractivity contribution >= 4 is 5.91 Å². The molecule has 1 amide bonds. The number of nitrogens with zero attached hydrogens (tertiary/aromatic N) is 3. The molecule has 2 aliphatic rings. The number of piperidine rings is 1. The lowest BCUT2D eigenvalue weighted by molar-refractivity contribution is 0.0219. The monoisotopic (exact) mass is 398 g/mol. The van der Waals surface area contributed by atoms with Crippen molar-refractivity contribution in [1.29, 1.82) is 10.5 Å². The van der Waals surface area contributed by atoms with Crippen molar-refractivity contribution < 1.29 is 19.4 Å². The summed E-state index contributed by atoms with van der Waals surface area (Å²) in [4.78, 5) is 15.0. The summed E-state index contributed by atoms with van der Waals surface area (Å²) in [5.41, 5.74) is 0.620. The van der Waals surface area contributed by atoms with E-state index in [-0.39, 0.29) is 17.4 Å². The molecular weight excluding hydrogens is 372 g/mol. The maximum Gasteiger partial charge on any atom is 0.255 e. The van der Waals surface area contributed by atoms with Crippen LogP contribution in [0.5, 0.6) is 11.5 Å². The molecule has 0 saturated carbocycles. The molecule has 0 aliphatic carbocycles. The van der Waals surface area contributed by atoms with Crippen molar-refractivity contribution in [2.45, 2.75) is 31.8 Å². The van der Waals surface area contributed by atoms with Crippen molar-refractivity contribution in [3.05, 3.63) is 23.3 Å². The molecule has 1 saturated heterocycles. The zero-order valence-electron chi connectivity index (χ0n) is 16.4. The highest BCUT2D eigenvalue weighted by Gasteiger charge is 2.28. The maximum atomic E-state index is 12.8. The molecule has 154 valence electrons. The van der Waals surface area contributed by atoms with Gasteiger partial charge in [-0.3, -0.25) is 4.79 Å². The first kappa shape index (κ1) is 20.9. The summed E-state index contributed by atoms with van der Waals surface area (Å²) < 4.78 is 11.3. The SMILES string of the molecule is N#CCCCN1CC[C@@H](CNC(=O)c2cc(C#N)cc3c2OCCCO3)C(O)C1. The van der Waals surface area contributed by atoms with E-state index in [9.17, 15) is 15.2 Å². The number of carbonyl (C=O) groups is 1. The quantitative estimate of drug-likeness (QED) is 0.696. The van der Waals surface area contributed by atoms with Gasteiger partial charge in [0, 0.05) is 37.9 Å². The minimum absolute atomic E-state index is 0.0407. The van der Waals surface area contributed by atoms with Gasteiger partial charge in [-0.05, 0) is 32.0 Å². The fourth-order valence-corrected chi connectivity index (χ4v) is 3.69. The van der Waals surface area contributed by atoms with Gasteiger partial charge in [0.1, 0.15) is 0 Å². The molecule has 2 atom stereocenters. The Morgan fingerprint density at radius 1 is 1.31 bits per heavy atom. The lowest BCUT2D eigenvalue weighted by Gasteiger charge is -2.36. The molecule has 0 bridgehead atoms. The van der Waals surface area contributed by atoms with Gasteiger partial charge in [0.05, 0.1) is 42.6 Å². The van der Waals surface area contributed by atoms with Crippen LogP contribution in [0.25, 0.3) is 0 Å². The number of rotatable bonds is 6. The Balaban J connectivity index is 1.60. The number of hydrogen-bond acceptors (Lipinski definition) is 7. The molecular formula is C21H26N4O4. The molecule has 2 aliphatic heterocycles. The van der Waals surface area contributed by atoms with Crippen molar-refractivity contribution in [3.8, 4) is 23.6 Å². The number of fused-ring (bicyclic) bond motifs is 1. The van der Waals surface area contributed by atoms with Crippen molar-refractivity contribution in [1.82, 2.24) is 10.2 Å². The molecule has 0 radical (unpaired) electrons. The molecule has 8 nitrogen and oxygen atoms in total. The first-order valence-corrected chi connectivity index (χ1v) is 10.0. The summed E-state index contributed by atoms with van der Waals surface area (Å²) in [5.74, 6) is 0.401. The number of nitrogens with one attached hydrogen (secondary N) is 1. The molecule has 3 rings (SSSR count). The van der Waals surface area contributed by atoms with Crippen LogP contribution < -0.4 is 14.8 Å². The van der Waals surface area contributed by atoms with Gasteiger partial charge in [0.25, 0.3) is 5.91 Å².